The molecule has 0 saturated heterocycles. The quantitative estimate of drug-likeness (QED) is 0.719. The molecule has 3 N–H and O–H groups in total. The molecule has 21 heavy (non-hydrogen) atoms. The van der Waals surface area contributed by atoms with Crippen LogP contribution in [0.5, 0.6) is 11.5 Å². The molecule has 5 heteroatoms. The normalized spacial score (nSPS) is 10.5. The van der Waals surface area contributed by atoms with Crippen LogP contribution in [0, 0.1) is 0 Å². The first-order chi connectivity index (χ1) is 10.1. The van der Waals surface area contributed by atoms with E-state index in [1.54, 1.807) is 12.3 Å². The minimum Gasteiger partial charge on any atom is -0.478 e. The van der Waals surface area contributed by atoms with Gasteiger partial charge in [0.2, 0.25) is 0 Å². The molecule has 0 radical (unpaired) electrons. The van der Waals surface area contributed by atoms with Crippen molar-refractivity contribution >= 4 is 22.6 Å². The van der Waals surface area contributed by atoms with Crippen LogP contribution in [0.15, 0.2) is 54.7 Å². The number of carbonyl (C=O) groups is 1. The molecule has 5 nitrogen and oxygen atoms in total. The van der Waals surface area contributed by atoms with Crippen LogP contribution in [0.2, 0.25) is 0 Å². The summed E-state index contributed by atoms with van der Waals surface area (Å²) in [7, 11) is 0. The summed E-state index contributed by atoms with van der Waals surface area (Å²) in [5.74, 6) is -0.0304. The Morgan fingerprint density at radius 1 is 1.10 bits per heavy atom. The molecular weight excluding hydrogens is 268 g/mol. The molecule has 2 aromatic carbocycles. The number of aromatic nitrogens is 1. The van der Waals surface area contributed by atoms with Crippen LogP contribution < -0.4 is 10.5 Å². The molecule has 0 aliphatic heterocycles. The Hall–Kier alpha value is -3.08. The van der Waals surface area contributed by atoms with Crippen molar-refractivity contribution in [1.82, 2.24) is 4.98 Å². The lowest BCUT2D eigenvalue weighted by Gasteiger charge is -2.08. The van der Waals surface area contributed by atoms with Crippen LogP contribution in [0.3, 0.4) is 0 Å². The molecule has 0 saturated carbocycles. The van der Waals surface area contributed by atoms with E-state index in [0.717, 1.165) is 10.9 Å². The van der Waals surface area contributed by atoms with Gasteiger partial charge >= 0.3 is 5.97 Å². The molecule has 3 rings (SSSR count). The Balaban J connectivity index is 1.91. The van der Waals surface area contributed by atoms with E-state index >= 15 is 0 Å². The predicted octanol–water partition coefficient (Wildman–Crippen LogP) is 3.31. The van der Waals surface area contributed by atoms with Crippen LogP contribution in [-0.2, 0) is 0 Å². The lowest BCUT2D eigenvalue weighted by molar-refractivity contribution is 0.0698. The van der Waals surface area contributed by atoms with Crippen molar-refractivity contribution in [3.8, 4) is 11.5 Å². The lowest BCUT2D eigenvalue weighted by Crippen LogP contribution is -2.02. The first-order valence-corrected chi connectivity index (χ1v) is 6.29. The van der Waals surface area contributed by atoms with Crippen LogP contribution in [0.1, 0.15) is 10.4 Å². The van der Waals surface area contributed by atoms with E-state index in [9.17, 15) is 4.79 Å². The summed E-state index contributed by atoms with van der Waals surface area (Å²) < 4.78 is 5.67. The number of nitrogens with zero attached hydrogens (tertiary/aromatic N) is 1. The number of aromatic carboxylic acids is 1. The van der Waals surface area contributed by atoms with Crippen LogP contribution in [-0.4, -0.2) is 16.1 Å². The van der Waals surface area contributed by atoms with Crippen molar-refractivity contribution in [2.45, 2.75) is 0 Å². The summed E-state index contributed by atoms with van der Waals surface area (Å²) >= 11 is 0. The zero-order chi connectivity index (χ0) is 14.8. The van der Waals surface area contributed by atoms with Gasteiger partial charge in [0.25, 0.3) is 0 Å². The maximum atomic E-state index is 10.9. The molecule has 0 spiro atoms. The molecule has 0 fully saturated rings. The van der Waals surface area contributed by atoms with E-state index in [0.29, 0.717) is 11.5 Å². The zero-order valence-electron chi connectivity index (χ0n) is 11.0. The van der Waals surface area contributed by atoms with Crippen molar-refractivity contribution in [1.29, 1.82) is 0 Å². The van der Waals surface area contributed by atoms with E-state index in [1.165, 1.54) is 12.1 Å². The van der Waals surface area contributed by atoms with E-state index in [1.807, 2.05) is 30.3 Å². The van der Waals surface area contributed by atoms with Gasteiger partial charge in [0.1, 0.15) is 11.5 Å². The van der Waals surface area contributed by atoms with Gasteiger partial charge in [0.05, 0.1) is 17.3 Å². The summed E-state index contributed by atoms with van der Waals surface area (Å²) in [6.45, 7) is 0. The largest absolute Gasteiger partial charge is 0.478 e. The average molecular weight is 280 g/mol. The summed E-state index contributed by atoms with van der Waals surface area (Å²) in [6.07, 6.45) is 1.61. The molecular formula is C16H12N2O3. The number of ether oxygens (including phenoxy) is 1. The van der Waals surface area contributed by atoms with Gasteiger partial charge < -0.3 is 15.6 Å². The lowest BCUT2D eigenvalue weighted by atomic mass is 10.2. The Kier molecular flexibility index (Phi) is 3.16. The number of para-hydroxylation sites is 1. The van der Waals surface area contributed by atoms with Crippen molar-refractivity contribution in [2.24, 2.45) is 0 Å². The fourth-order valence-electron chi connectivity index (χ4n) is 2.04. The number of hydrogen-bond donors (Lipinski definition) is 2. The summed E-state index contributed by atoms with van der Waals surface area (Å²) in [5.41, 5.74) is 6.79. The number of benzene rings is 2. The minimum atomic E-state index is -1.06. The maximum Gasteiger partial charge on any atom is 0.337 e. The smallest absolute Gasteiger partial charge is 0.337 e. The Morgan fingerprint density at radius 2 is 1.90 bits per heavy atom. The second-order valence-corrected chi connectivity index (χ2v) is 4.52. The minimum absolute atomic E-state index is 0.0546. The fraction of sp³-hybridized carbons (Fsp3) is 0. The van der Waals surface area contributed by atoms with Crippen LogP contribution in [0.4, 0.5) is 5.69 Å². The highest BCUT2D eigenvalue weighted by molar-refractivity contribution is 5.93. The zero-order valence-corrected chi connectivity index (χ0v) is 11.0. The Bertz CT molecular complexity index is 831. The van der Waals surface area contributed by atoms with Crippen molar-refractivity contribution in [2.75, 3.05) is 5.73 Å². The molecule has 3 aromatic rings. The predicted molar refractivity (Wildman–Crippen MR) is 79.6 cm³/mol. The van der Waals surface area contributed by atoms with Gasteiger partial charge in [-0.1, -0.05) is 18.2 Å². The Morgan fingerprint density at radius 3 is 2.67 bits per heavy atom. The second-order valence-electron chi connectivity index (χ2n) is 4.52. The third-order valence-electron chi connectivity index (χ3n) is 3.05. The van der Waals surface area contributed by atoms with E-state index in [-0.39, 0.29) is 11.3 Å². The molecule has 104 valence electrons. The first-order valence-electron chi connectivity index (χ1n) is 6.29. The summed E-state index contributed by atoms with van der Waals surface area (Å²) in [5, 5.41) is 9.90. The number of fused-ring (bicyclic) bond motifs is 1. The summed E-state index contributed by atoms with van der Waals surface area (Å²) in [4.78, 5) is 15.2. The molecule has 0 amide bonds. The topological polar surface area (TPSA) is 85.4 Å². The highest BCUT2D eigenvalue weighted by Gasteiger charge is 2.09. The maximum absolute atomic E-state index is 10.9. The SMILES string of the molecule is Nc1cc(Oc2cnc3ccccc3c2)ccc1C(=O)O. The number of carboxylic acid groups (broad SMARTS) is 1. The van der Waals surface area contributed by atoms with Gasteiger partial charge in [-0.05, 0) is 24.3 Å². The highest BCUT2D eigenvalue weighted by Crippen LogP contribution is 2.26. The van der Waals surface area contributed by atoms with Gasteiger partial charge in [0.15, 0.2) is 0 Å². The van der Waals surface area contributed by atoms with Crippen molar-refractivity contribution in [3.63, 3.8) is 0 Å². The second kappa shape index (κ2) is 5.13. The van der Waals surface area contributed by atoms with Gasteiger partial charge in [-0.3, -0.25) is 4.98 Å². The van der Waals surface area contributed by atoms with Crippen molar-refractivity contribution in [3.05, 3.63) is 60.3 Å². The van der Waals surface area contributed by atoms with Gasteiger partial charge in [-0.25, -0.2) is 4.79 Å². The molecule has 0 atom stereocenters. The van der Waals surface area contributed by atoms with Gasteiger partial charge in [0, 0.05) is 17.1 Å². The summed E-state index contributed by atoms with van der Waals surface area (Å²) in [6, 6.07) is 14.0. The number of carboxylic acids is 1. The number of nitrogen functional groups attached to an aromatic ring is 1. The molecule has 0 aliphatic carbocycles. The van der Waals surface area contributed by atoms with E-state index in [2.05, 4.69) is 4.98 Å². The number of hydrogen-bond acceptors (Lipinski definition) is 4. The number of pyridine rings is 1. The number of anilines is 1. The fourth-order valence-corrected chi connectivity index (χ4v) is 2.04. The highest BCUT2D eigenvalue weighted by atomic mass is 16.5. The average Bonchev–Trinajstić information content (AvgIpc) is 2.47. The number of rotatable bonds is 3. The van der Waals surface area contributed by atoms with E-state index < -0.39 is 5.97 Å². The standard InChI is InChI=1S/C16H12N2O3/c17-14-8-11(5-6-13(14)16(19)20)21-12-7-10-3-1-2-4-15(10)18-9-12/h1-9H,17H2,(H,19,20). The first kappa shape index (κ1) is 12.9. The molecule has 0 bridgehead atoms. The molecule has 1 aromatic heterocycles. The van der Waals surface area contributed by atoms with Crippen LogP contribution in [0.25, 0.3) is 10.9 Å². The van der Waals surface area contributed by atoms with Gasteiger partial charge in [-0.15, -0.1) is 0 Å². The van der Waals surface area contributed by atoms with Crippen molar-refractivity contribution < 1.29 is 14.6 Å². The third-order valence-corrected chi connectivity index (χ3v) is 3.05. The number of nitrogens with two attached hydrogens (primary N) is 1. The molecule has 1 heterocycles. The Labute approximate surface area is 120 Å². The molecule has 0 unspecified atom stereocenters. The molecule has 0 aliphatic rings. The van der Waals surface area contributed by atoms with Crippen LogP contribution >= 0.6 is 0 Å². The monoisotopic (exact) mass is 280 g/mol. The van der Waals surface area contributed by atoms with E-state index in [4.69, 9.17) is 15.6 Å². The third kappa shape index (κ3) is 2.62. The van der Waals surface area contributed by atoms with Gasteiger partial charge in [-0.2, -0.15) is 0 Å².